The van der Waals surface area contributed by atoms with Crippen molar-refractivity contribution in [2.45, 2.75) is 110 Å². The molecule has 0 aliphatic carbocycles. The molecule has 0 saturated carbocycles. The van der Waals surface area contributed by atoms with Crippen LogP contribution in [-0.4, -0.2) is 67.4 Å². The van der Waals surface area contributed by atoms with Crippen molar-refractivity contribution in [3.63, 3.8) is 0 Å². The Morgan fingerprint density at radius 2 is 1.51 bits per heavy atom. The van der Waals surface area contributed by atoms with Gasteiger partial charge in [0.25, 0.3) is 0 Å². The van der Waals surface area contributed by atoms with Gasteiger partial charge in [0.2, 0.25) is 5.91 Å². The summed E-state index contributed by atoms with van der Waals surface area (Å²) >= 11 is 8.28. The van der Waals surface area contributed by atoms with Crippen LogP contribution in [0.4, 0.5) is 16.3 Å². The fourth-order valence-corrected chi connectivity index (χ4v) is 8.00. The van der Waals surface area contributed by atoms with Crippen molar-refractivity contribution in [3.8, 4) is 0 Å². The van der Waals surface area contributed by atoms with E-state index in [0.717, 1.165) is 68.9 Å². The average molecular weight is 711 g/mol. The van der Waals surface area contributed by atoms with Crippen molar-refractivity contribution in [2.24, 2.45) is 0 Å². The fraction of sp³-hybridized carbons (Fsp3) is 0.615. The number of halogens is 1. The van der Waals surface area contributed by atoms with Gasteiger partial charge in [-0.2, -0.15) is 4.37 Å². The van der Waals surface area contributed by atoms with Crippen molar-refractivity contribution < 1.29 is 19.1 Å². The second-order valence-electron chi connectivity index (χ2n) is 13.6. The van der Waals surface area contributed by atoms with Gasteiger partial charge in [-0.25, -0.2) is 4.79 Å². The summed E-state index contributed by atoms with van der Waals surface area (Å²) < 4.78 is 16.5. The van der Waals surface area contributed by atoms with Crippen LogP contribution in [-0.2, 0) is 27.1 Å². The Kier molecular flexibility index (Phi) is 15.3. The average Bonchev–Trinajstić information content (AvgIpc) is 3.68. The van der Waals surface area contributed by atoms with Crippen LogP contribution in [0.5, 0.6) is 0 Å². The summed E-state index contributed by atoms with van der Waals surface area (Å²) in [5.74, 6) is 0.993. The van der Waals surface area contributed by atoms with E-state index in [0.29, 0.717) is 17.3 Å². The predicted octanol–water partition coefficient (Wildman–Crippen LogP) is 9.80. The minimum Gasteiger partial charge on any atom is -0.434 e. The summed E-state index contributed by atoms with van der Waals surface area (Å²) in [7, 11) is 0. The van der Waals surface area contributed by atoms with Crippen LogP contribution >= 0.6 is 23.1 Å². The molecule has 1 saturated heterocycles. The Balaban J connectivity index is 0.934. The summed E-state index contributed by atoms with van der Waals surface area (Å²) in [6.45, 7) is 7.15. The van der Waals surface area contributed by atoms with Crippen molar-refractivity contribution >= 4 is 56.8 Å². The number of benzene rings is 2. The number of carbonyl (C=O) groups excluding carboxylic acids is 2. The molecule has 0 bridgehead atoms. The van der Waals surface area contributed by atoms with Crippen LogP contribution in [0, 0.1) is 0 Å². The molecule has 1 aromatic heterocycles. The van der Waals surface area contributed by atoms with Crippen molar-refractivity contribution in [3.05, 3.63) is 52.5 Å². The van der Waals surface area contributed by atoms with Crippen LogP contribution in [0.2, 0.25) is 5.02 Å². The molecule has 10 heteroatoms. The lowest BCUT2D eigenvalue weighted by molar-refractivity contribution is -0.118. The Morgan fingerprint density at radius 1 is 0.857 bits per heavy atom. The van der Waals surface area contributed by atoms with Gasteiger partial charge >= 0.3 is 6.16 Å². The van der Waals surface area contributed by atoms with Gasteiger partial charge in [0, 0.05) is 43.1 Å². The number of hydrogen-bond donors (Lipinski definition) is 0. The fourth-order valence-electron chi connectivity index (χ4n) is 6.95. The first-order valence-corrected chi connectivity index (χ1v) is 19.9. The molecule has 2 aliphatic rings. The largest absolute Gasteiger partial charge is 0.510 e. The van der Waals surface area contributed by atoms with E-state index in [-0.39, 0.29) is 19.1 Å². The highest BCUT2D eigenvalue weighted by Gasteiger charge is 2.30. The molecular formula is C39H55ClN4O4S. The van der Waals surface area contributed by atoms with Crippen molar-refractivity contribution in [1.29, 1.82) is 0 Å². The van der Waals surface area contributed by atoms with Gasteiger partial charge in [0.15, 0.2) is 6.73 Å². The van der Waals surface area contributed by atoms with Gasteiger partial charge in [-0.3, -0.25) is 14.6 Å². The second kappa shape index (κ2) is 20.1. The molecule has 0 spiro atoms. The number of amides is 1. The maximum absolute atomic E-state index is 12.8. The Bertz CT molecular complexity index is 1470. The smallest absolute Gasteiger partial charge is 0.434 e. The molecular weight excluding hydrogens is 656 g/mol. The van der Waals surface area contributed by atoms with Crippen molar-refractivity contribution in [1.82, 2.24) is 9.27 Å². The number of unbranched alkanes of at least 4 members (excludes halogenated alkanes) is 13. The minimum atomic E-state index is -0.735. The van der Waals surface area contributed by atoms with E-state index in [9.17, 15) is 9.59 Å². The molecule has 3 aromatic rings. The lowest BCUT2D eigenvalue weighted by Gasteiger charge is -2.35. The molecule has 5 rings (SSSR count). The maximum atomic E-state index is 12.8. The third kappa shape index (κ3) is 11.3. The summed E-state index contributed by atoms with van der Waals surface area (Å²) in [5.41, 5.74) is 2.67. The number of fused-ring (bicyclic) bond motifs is 2. The topological polar surface area (TPSA) is 75.2 Å². The Labute approximate surface area is 302 Å². The van der Waals surface area contributed by atoms with Crippen LogP contribution in [0.25, 0.3) is 10.1 Å². The highest BCUT2D eigenvalue weighted by molar-refractivity contribution is 7.13. The predicted molar refractivity (Wildman–Crippen MR) is 202 cm³/mol. The zero-order valence-electron chi connectivity index (χ0n) is 29.4. The zero-order valence-corrected chi connectivity index (χ0v) is 31.0. The first kappa shape index (κ1) is 37.4. The van der Waals surface area contributed by atoms with Crippen molar-refractivity contribution in [2.75, 3.05) is 55.9 Å². The van der Waals surface area contributed by atoms with Crippen LogP contribution in [0.3, 0.4) is 0 Å². The summed E-state index contributed by atoms with van der Waals surface area (Å²) in [6, 6.07) is 12.3. The summed E-state index contributed by atoms with van der Waals surface area (Å²) in [4.78, 5) is 31.4. The normalized spacial score (nSPS) is 14.9. The number of nitrogens with zero attached hydrogens (tertiary/aromatic N) is 4. The van der Waals surface area contributed by atoms with E-state index in [1.165, 1.54) is 92.0 Å². The zero-order chi connectivity index (χ0) is 34.3. The first-order chi connectivity index (χ1) is 24.0. The first-order valence-electron chi connectivity index (χ1n) is 18.8. The quantitative estimate of drug-likeness (QED) is 0.0805. The number of piperazine rings is 1. The highest BCUT2D eigenvalue weighted by Crippen LogP contribution is 2.35. The van der Waals surface area contributed by atoms with E-state index in [4.69, 9.17) is 25.4 Å². The molecule has 2 aromatic carbocycles. The molecule has 3 heterocycles. The standard InChI is InChI=1S/C39H55ClN4O4S/c1-2-3-4-5-6-7-8-9-10-11-12-13-14-17-26-47-39(46)48-30-44-35-29-34(40)31(27-32(35)28-37(44)45)20-21-42-22-24-43(25-23-42)38-33-18-15-16-19-36(33)49-41-38/h15-16,18-19,27,29H,2-14,17,20-26,28,30H2,1H3. The number of ether oxygens (including phenoxy) is 2. The lowest BCUT2D eigenvalue weighted by atomic mass is 10.0. The number of carbonyl (C=O) groups is 2. The summed E-state index contributed by atoms with van der Waals surface area (Å²) in [6.07, 6.45) is 18.2. The van der Waals surface area contributed by atoms with Crippen LogP contribution in [0.1, 0.15) is 108 Å². The molecule has 1 fully saturated rings. The Morgan fingerprint density at radius 3 is 2.20 bits per heavy atom. The van der Waals surface area contributed by atoms with E-state index >= 15 is 0 Å². The molecule has 268 valence electrons. The summed E-state index contributed by atoms with van der Waals surface area (Å²) in [5, 5.41) is 1.86. The molecule has 0 N–H and O–H groups in total. The third-order valence-corrected chi connectivity index (χ3v) is 11.1. The SMILES string of the molecule is CCCCCCCCCCCCCCCCOC(=O)OCN1C(=O)Cc2cc(CCN3CCN(c4nsc5ccccc45)CC3)c(Cl)cc21. The van der Waals surface area contributed by atoms with E-state index in [1.54, 1.807) is 11.5 Å². The second-order valence-corrected chi connectivity index (χ2v) is 14.8. The molecule has 1 amide bonds. The number of aromatic nitrogens is 1. The lowest BCUT2D eigenvalue weighted by Crippen LogP contribution is -2.47. The number of anilines is 2. The van der Waals surface area contributed by atoms with Gasteiger partial charge in [-0.05, 0) is 53.7 Å². The molecule has 8 nitrogen and oxygen atoms in total. The third-order valence-electron chi connectivity index (χ3n) is 9.94. The number of hydrogen-bond acceptors (Lipinski definition) is 8. The molecule has 0 radical (unpaired) electrons. The van der Waals surface area contributed by atoms with Crippen LogP contribution in [0.15, 0.2) is 36.4 Å². The van der Waals surface area contributed by atoms with E-state index in [2.05, 4.69) is 41.0 Å². The monoisotopic (exact) mass is 710 g/mol. The molecule has 0 atom stereocenters. The van der Waals surface area contributed by atoms with Gasteiger partial charge in [-0.1, -0.05) is 120 Å². The molecule has 49 heavy (non-hydrogen) atoms. The van der Waals surface area contributed by atoms with E-state index in [1.807, 2.05) is 12.1 Å². The minimum absolute atomic E-state index is 0.103. The number of rotatable bonds is 21. The van der Waals surface area contributed by atoms with E-state index < -0.39 is 6.16 Å². The van der Waals surface area contributed by atoms with Gasteiger partial charge in [-0.15, -0.1) is 0 Å². The van der Waals surface area contributed by atoms with Gasteiger partial charge in [0.05, 0.1) is 23.4 Å². The molecule has 0 unspecified atom stereocenters. The highest BCUT2D eigenvalue weighted by atomic mass is 35.5. The Hall–Kier alpha value is -2.88. The molecule has 2 aliphatic heterocycles. The van der Waals surface area contributed by atoms with Crippen LogP contribution < -0.4 is 9.80 Å². The maximum Gasteiger partial charge on any atom is 0.510 e. The van der Waals surface area contributed by atoms with Gasteiger partial charge in [0.1, 0.15) is 5.82 Å². The van der Waals surface area contributed by atoms with Gasteiger partial charge < -0.3 is 14.4 Å².